The number of hydrogen-bond donors (Lipinski definition) is 0. The van der Waals surface area contributed by atoms with Crippen LogP contribution in [0.5, 0.6) is 0 Å². The molecule has 15 heavy (non-hydrogen) atoms. The van der Waals surface area contributed by atoms with E-state index in [9.17, 15) is 0 Å². The lowest BCUT2D eigenvalue weighted by Crippen LogP contribution is -2.16. The molecule has 0 spiro atoms. The van der Waals surface area contributed by atoms with Crippen molar-refractivity contribution in [3.05, 3.63) is 48.0 Å². The van der Waals surface area contributed by atoms with E-state index in [-0.39, 0.29) is 0 Å². The second-order valence-corrected chi connectivity index (χ2v) is 4.19. The highest BCUT2D eigenvalue weighted by atomic mass is 15.0. The fourth-order valence-corrected chi connectivity index (χ4v) is 2.06. The van der Waals surface area contributed by atoms with Crippen LogP contribution in [-0.4, -0.2) is 17.8 Å². The van der Waals surface area contributed by atoms with E-state index < -0.39 is 0 Å². The lowest BCUT2D eigenvalue weighted by molar-refractivity contribution is -0.445. The van der Waals surface area contributed by atoms with Gasteiger partial charge in [-0.25, -0.2) is 0 Å². The van der Waals surface area contributed by atoms with Crippen LogP contribution >= 0.6 is 0 Å². The molecule has 0 radical (unpaired) electrons. The Morgan fingerprint density at radius 2 is 2.00 bits per heavy atom. The Balaban J connectivity index is 2.38. The average Bonchev–Trinajstić information content (AvgIpc) is 2.20. The SMILES string of the molecule is Cc1ccccc1C1=C[CH-][N+](C)=C[C@@H]1C. The summed E-state index contributed by atoms with van der Waals surface area (Å²) >= 11 is 0. The summed E-state index contributed by atoms with van der Waals surface area (Å²) < 4.78 is 2.12. The van der Waals surface area contributed by atoms with Crippen LogP contribution in [0.2, 0.25) is 0 Å². The molecular weight excluding hydrogens is 182 g/mol. The van der Waals surface area contributed by atoms with Crippen LogP contribution in [0.3, 0.4) is 0 Å². The van der Waals surface area contributed by atoms with E-state index in [1.807, 2.05) is 0 Å². The van der Waals surface area contributed by atoms with Crippen LogP contribution in [-0.2, 0) is 0 Å². The first-order valence-electron chi connectivity index (χ1n) is 5.36. The molecule has 1 nitrogen and oxygen atoms in total. The van der Waals surface area contributed by atoms with Crippen molar-refractivity contribution in [3.63, 3.8) is 0 Å². The Kier molecular flexibility index (Phi) is 2.63. The first kappa shape index (κ1) is 10.0. The number of allylic oxidation sites excluding steroid dienone is 1. The summed E-state index contributed by atoms with van der Waals surface area (Å²) in [7, 11) is 2.07. The molecular formula is C14H17N. The molecule has 0 saturated carbocycles. The van der Waals surface area contributed by atoms with Crippen LogP contribution in [0.1, 0.15) is 18.1 Å². The molecule has 0 aliphatic carbocycles. The molecule has 78 valence electrons. The van der Waals surface area contributed by atoms with E-state index in [0.717, 1.165) is 0 Å². The lowest BCUT2D eigenvalue weighted by Gasteiger charge is -2.24. The summed E-state index contributed by atoms with van der Waals surface area (Å²) in [6, 6.07) is 8.56. The Hall–Kier alpha value is -1.50. The minimum atomic E-state index is 0.487. The van der Waals surface area contributed by atoms with Gasteiger partial charge in [0.05, 0.1) is 6.54 Å². The smallest absolute Gasteiger partial charge is 0.115 e. The van der Waals surface area contributed by atoms with Crippen molar-refractivity contribution in [2.75, 3.05) is 7.05 Å². The highest BCUT2D eigenvalue weighted by Crippen LogP contribution is 2.27. The predicted molar refractivity (Wildman–Crippen MR) is 64.9 cm³/mol. The highest BCUT2D eigenvalue weighted by Gasteiger charge is 2.10. The number of hydrogen-bond acceptors (Lipinski definition) is 0. The zero-order chi connectivity index (χ0) is 10.8. The van der Waals surface area contributed by atoms with Crippen molar-refractivity contribution in [1.82, 2.24) is 0 Å². The summed E-state index contributed by atoms with van der Waals surface area (Å²) in [6.45, 7) is 6.52. The van der Waals surface area contributed by atoms with Gasteiger partial charge in [0.2, 0.25) is 0 Å². The van der Waals surface area contributed by atoms with Crippen LogP contribution in [0, 0.1) is 19.4 Å². The van der Waals surface area contributed by atoms with Gasteiger partial charge in [-0.15, -0.1) is 11.6 Å². The number of benzene rings is 1. The fourth-order valence-electron chi connectivity index (χ4n) is 2.06. The van der Waals surface area contributed by atoms with Crippen molar-refractivity contribution < 1.29 is 4.58 Å². The van der Waals surface area contributed by atoms with Gasteiger partial charge in [-0.1, -0.05) is 42.3 Å². The van der Waals surface area contributed by atoms with Gasteiger partial charge >= 0.3 is 0 Å². The molecule has 1 heteroatoms. The highest BCUT2D eigenvalue weighted by molar-refractivity contribution is 5.83. The van der Waals surface area contributed by atoms with Crippen molar-refractivity contribution in [1.29, 1.82) is 0 Å². The van der Waals surface area contributed by atoms with Gasteiger partial charge in [0.1, 0.15) is 7.05 Å². The molecule has 1 aliphatic rings. The van der Waals surface area contributed by atoms with E-state index in [1.54, 1.807) is 0 Å². The van der Waals surface area contributed by atoms with E-state index in [0.29, 0.717) is 5.92 Å². The number of aryl methyl sites for hydroxylation is 1. The molecule has 0 saturated heterocycles. The minimum Gasteiger partial charge on any atom is -0.317 e. The number of nitrogens with zero attached hydrogens (tertiary/aromatic N) is 1. The largest absolute Gasteiger partial charge is 0.317 e. The van der Waals surface area contributed by atoms with E-state index in [1.165, 1.54) is 16.7 Å². The third kappa shape index (κ3) is 1.96. The Morgan fingerprint density at radius 3 is 2.67 bits per heavy atom. The maximum atomic E-state index is 2.24. The van der Waals surface area contributed by atoms with E-state index >= 15 is 0 Å². The molecule has 0 bridgehead atoms. The fraction of sp³-hybridized carbons (Fsp3) is 0.286. The monoisotopic (exact) mass is 199 g/mol. The van der Waals surface area contributed by atoms with Gasteiger partial charge < -0.3 is 4.58 Å². The second kappa shape index (κ2) is 3.93. The summed E-state index contributed by atoms with van der Waals surface area (Å²) in [5.41, 5.74) is 4.12. The standard InChI is InChI=1S/C14H17N/c1-11-6-4-5-7-13(11)14-8-9-15(3)10-12(14)2/h4-10,12H,1-3H3/t12-/m0/s1. The number of rotatable bonds is 1. The van der Waals surface area contributed by atoms with Gasteiger partial charge in [0.15, 0.2) is 0 Å². The third-order valence-electron chi connectivity index (χ3n) is 2.89. The Bertz CT molecular complexity index is 427. The lowest BCUT2D eigenvalue weighted by atomic mass is 9.90. The summed E-state index contributed by atoms with van der Waals surface area (Å²) in [5, 5.41) is 0. The normalized spacial score (nSPS) is 20.3. The molecule has 1 atom stereocenters. The minimum absolute atomic E-state index is 0.487. The van der Waals surface area contributed by atoms with Gasteiger partial charge in [0, 0.05) is 6.21 Å². The maximum absolute atomic E-state index is 2.24. The summed E-state index contributed by atoms with van der Waals surface area (Å²) in [6.07, 6.45) is 4.45. The maximum Gasteiger partial charge on any atom is 0.115 e. The topological polar surface area (TPSA) is 3.01 Å². The molecule has 1 aromatic carbocycles. The Morgan fingerprint density at radius 1 is 1.27 bits per heavy atom. The number of likely N-dealkylation sites (N-methyl/N-ethyl adjacent to an activating group) is 1. The third-order valence-corrected chi connectivity index (χ3v) is 2.89. The van der Waals surface area contributed by atoms with Gasteiger partial charge in [0.25, 0.3) is 0 Å². The molecule has 0 amide bonds. The molecule has 0 fully saturated rings. The van der Waals surface area contributed by atoms with Crippen molar-refractivity contribution in [2.45, 2.75) is 13.8 Å². The average molecular weight is 199 g/mol. The molecule has 0 N–H and O–H groups in total. The zero-order valence-corrected chi connectivity index (χ0v) is 9.57. The molecule has 0 aromatic heterocycles. The molecule has 2 rings (SSSR count). The summed E-state index contributed by atoms with van der Waals surface area (Å²) in [5.74, 6) is 0.487. The van der Waals surface area contributed by atoms with Crippen molar-refractivity contribution >= 4 is 11.8 Å². The van der Waals surface area contributed by atoms with Gasteiger partial charge in [-0.05, 0) is 12.8 Å². The first-order chi connectivity index (χ1) is 7.18. The van der Waals surface area contributed by atoms with Crippen molar-refractivity contribution in [3.8, 4) is 0 Å². The Labute approximate surface area is 91.8 Å². The molecule has 1 heterocycles. The molecule has 1 aromatic rings. The van der Waals surface area contributed by atoms with Crippen LogP contribution in [0.25, 0.3) is 5.57 Å². The summed E-state index contributed by atoms with van der Waals surface area (Å²) in [4.78, 5) is 0. The quantitative estimate of drug-likeness (QED) is 0.483. The van der Waals surface area contributed by atoms with Crippen LogP contribution < -0.4 is 0 Å². The van der Waals surface area contributed by atoms with Gasteiger partial charge in [-0.3, -0.25) is 0 Å². The first-order valence-corrected chi connectivity index (χ1v) is 5.36. The van der Waals surface area contributed by atoms with E-state index in [4.69, 9.17) is 0 Å². The van der Waals surface area contributed by atoms with Gasteiger partial charge in [-0.2, -0.15) is 0 Å². The predicted octanol–water partition coefficient (Wildman–Crippen LogP) is 2.90. The molecule has 0 unspecified atom stereocenters. The molecule has 1 aliphatic heterocycles. The van der Waals surface area contributed by atoms with Crippen LogP contribution in [0.4, 0.5) is 0 Å². The zero-order valence-electron chi connectivity index (χ0n) is 9.57. The second-order valence-electron chi connectivity index (χ2n) is 4.19. The van der Waals surface area contributed by atoms with Crippen LogP contribution in [0.15, 0.2) is 30.3 Å². The van der Waals surface area contributed by atoms with E-state index in [2.05, 4.69) is 68.6 Å². The van der Waals surface area contributed by atoms with Crippen molar-refractivity contribution in [2.24, 2.45) is 5.92 Å².